The minimum absolute atomic E-state index is 1.14. The molecule has 0 saturated carbocycles. The van der Waals surface area contributed by atoms with Gasteiger partial charge in [-0.05, 0) is 76.9 Å². The summed E-state index contributed by atoms with van der Waals surface area (Å²) in [5.74, 6) is 0. The van der Waals surface area contributed by atoms with Crippen LogP contribution in [0.2, 0.25) is 0 Å². The van der Waals surface area contributed by atoms with Gasteiger partial charge in [0.15, 0.2) is 0 Å². The standard InChI is InChI=1S/C48H29NS3/c1-2-11-30(12-3-1)34-13-4-5-14-35(34)31-21-23-32(24-22-31)49(33-25-27-44-40(29-33)36-15-6-8-19-42(36)50-44)41-18-10-17-37-38-26-28-45-46(48(38)52-47(37)41)39-16-7-9-20-43(39)51-45/h1-29H. The van der Waals surface area contributed by atoms with Crippen LogP contribution < -0.4 is 4.90 Å². The van der Waals surface area contributed by atoms with Gasteiger partial charge in [-0.2, -0.15) is 0 Å². The lowest BCUT2D eigenvalue weighted by Crippen LogP contribution is -2.10. The van der Waals surface area contributed by atoms with Crippen LogP contribution in [-0.4, -0.2) is 0 Å². The molecule has 3 heterocycles. The number of fused-ring (bicyclic) bond motifs is 10. The molecule has 11 aromatic rings. The number of rotatable bonds is 5. The number of nitrogens with zero attached hydrogens (tertiary/aromatic N) is 1. The fourth-order valence-electron chi connectivity index (χ4n) is 7.90. The van der Waals surface area contributed by atoms with E-state index in [1.165, 1.54) is 88.5 Å². The Hall–Kier alpha value is -5.78. The van der Waals surface area contributed by atoms with Crippen molar-refractivity contribution in [3.05, 3.63) is 176 Å². The highest BCUT2D eigenvalue weighted by molar-refractivity contribution is 7.30. The third-order valence-electron chi connectivity index (χ3n) is 10.3. The van der Waals surface area contributed by atoms with Crippen LogP contribution in [0.1, 0.15) is 0 Å². The third-order valence-corrected chi connectivity index (χ3v) is 13.8. The topological polar surface area (TPSA) is 3.24 Å². The fraction of sp³-hybridized carbons (Fsp3) is 0. The molecule has 0 aliphatic rings. The fourth-order valence-corrected chi connectivity index (χ4v) is 11.5. The Labute approximate surface area is 312 Å². The van der Waals surface area contributed by atoms with Gasteiger partial charge in [0.05, 0.1) is 10.4 Å². The number of anilines is 3. The molecule has 11 rings (SSSR count). The Morgan fingerprint density at radius 1 is 0.327 bits per heavy atom. The normalized spacial score (nSPS) is 11.8. The highest BCUT2D eigenvalue weighted by atomic mass is 32.1. The average molecular weight is 716 g/mol. The largest absolute Gasteiger partial charge is 0.309 e. The summed E-state index contributed by atoms with van der Waals surface area (Å²) < 4.78 is 7.98. The minimum Gasteiger partial charge on any atom is -0.309 e. The van der Waals surface area contributed by atoms with Gasteiger partial charge in [0.25, 0.3) is 0 Å². The lowest BCUT2D eigenvalue weighted by molar-refractivity contribution is 1.31. The van der Waals surface area contributed by atoms with Crippen LogP contribution in [0.25, 0.3) is 82.8 Å². The summed E-state index contributed by atoms with van der Waals surface area (Å²) in [6.07, 6.45) is 0. The van der Waals surface area contributed by atoms with Crippen LogP contribution in [0.5, 0.6) is 0 Å². The van der Waals surface area contributed by atoms with Gasteiger partial charge in [-0.25, -0.2) is 0 Å². The lowest BCUT2D eigenvalue weighted by Gasteiger charge is -2.26. The Balaban J connectivity index is 1.14. The van der Waals surface area contributed by atoms with Crippen molar-refractivity contribution in [2.24, 2.45) is 0 Å². The van der Waals surface area contributed by atoms with Crippen molar-refractivity contribution in [3.63, 3.8) is 0 Å². The van der Waals surface area contributed by atoms with Crippen molar-refractivity contribution in [2.45, 2.75) is 0 Å². The maximum Gasteiger partial charge on any atom is 0.0640 e. The second kappa shape index (κ2) is 11.9. The molecule has 0 aliphatic carbocycles. The molecule has 1 nitrogen and oxygen atoms in total. The van der Waals surface area contributed by atoms with Crippen molar-refractivity contribution in [3.8, 4) is 22.3 Å². The summed E-state index contributed by atoms with van der Waals surface area (Å²) in [7, 11) is 0. The Bertz CT molecular complexity index is 3130. The second-order valence-corrected chi connectivity index (χ2v) is 16.4. The van der Waals surface area contributed by atoms with Gasteiger partial charge in [0.1, 0.15) is 0 Å². The molecular weight excluding hydrogens is 687 g/mol. The zero-order chi connectivity index (χ0) is 34.2. The zero-order valence-corrected chi connectivity index (χ0v) is 30.4. The van der Waals surface area contributed by atoms with Crippen LogP contribution in [-0.2, 0) is 0 Å². The average Bonchev–Trinajstić information content (AvgIpc) is 3.90. The van der Waals surface area contributed by atoms with E-state index < -0.39 is 0 Å². The first-order valence-corrected chi connectivity index (χ1v) is 20.0. The molecule has 3 aromatic heterocycles. The third kappa shape index (κ3) is 4.65. The van der Waals surface area contributed by atoms with Crippen molar-refractivity contribution in [2.75, 3.05) is 4.90 Å². The summed E-state index contributed by atoms with van der Waals surface area (Å²) >= 11 is 5.68. The summed E-state index contributed by atoms with van der Waals surface area (Å²) in [4.78, 5) is 2.47. The van der Waals surface area contributed by atoms with E-state index in [0.29, 0.717) is 0 Å². The van der Waals surface area contributed by atoms with Crippen molar-refractivity contribution in [1.29, 1.82) is 0 Å². The van der Waals surface area contributed by atoms with Crippen molar-refractivity contribution in [1.82, 2.24) is 0 Å². The molecule has 4 heteroatoms. The van der Waals surface area contributed by atoms with E-state index in [-0.39, 0.29) is 0 Å². The molecule has 0 aliphatic heterocycles. The van der Waals surface area contributed by atoms with Gasteiger partial charge in [0, 0.05) is 67.2 Å². The van der Waals surface area contributed by atoms with E-state index in [0.717, 1.165) is 11.4 Å². The van der Waals surface area contributed by atoms with Gasteiger partial charge in [-0.3, -0.25) is 0 Å². The molecular formula is C48H29NS3. The molecule has 0 saturated heterocycles. The van der Waals surface area contributed by atoms with E-state index in [2.05, 4.69) is 181 Å². The molecule has 8 aromatic carbocycles. The highest BCUT2D eigenvalue weighted by Gasteiger charge is 2.21. The van der Waals surface area contributed by atoms with E-state index in [1.54, 1.807) is 0 Å². The molecule has 0 atom stereocenters. The van der Waals surface area contributed by atoms with E-state index in [9.17, 15) is 0 Å². The summed E-state index contributed by atoms with van der Waals surface area (Å²) in [6, 6.07) is 64.7. The van der Waals surface area contributed by atoms with Crippen molar-refractivity contribution >= 4 is 112 Å². The van der Waals surface area contributed by atoms with Gasteiger partial charge in [-0.15, -0.1) is 34.0 Å². The summed E-state index contributed by atoms with van der Waals surface area (Å²) in [5, 5.41) is 7.96. The molecule has 0 fully saturated rings. The second-order valence-electron chi connectivity index (χ2n) is 13.2. The van der Waals surface area contributed by atoms with Crippen molar-refractivity contribution < 1.29 is 0 Å². The summed E-state index contributed by atoms with van der Waals surface area (Å²) in [6.45, 7) is 0. The van der Waals surface area contributed by atoms with Gasteiger partial charge in [0.2, 0.25) is 0 Å². The van der Waals surface area contributed by atoms with Crippen LogP contribution >= 0.6 is 34.0 Å². The quantitative estimate of drug-likeness (QED) is 0.171. The molecule has 0 bridgehead atoms. The van der Waals surface area contributed by atoms with Gasteiger partial charge >= 0.3 is 0 Å². The molecule has 0 amide bonds. The lowest BCUT2D eigenvalue weighted by atomic mass is 9.94. The highest BCUT2D eigenvalue weighted by Crippen LogP contribution is 2.50. The Morgan fingerprint density at radius 3 is 1.71 bits per heavy atom. The molecule has 0 radical (unpaired) electrons. The number of hydrogen-bond donors (Lipinski definition) is 0. The molecule has 0 N–H and O–H groups in total. The molecule has 244 valence electrons. The first-order valence-electron chi connectivity index (χ1n) is 17.5. The maximum atomic E-state index is 2.47. The van der Waals surface area contributed by atoms with Crippen LogP contribution in [0.3, 0.4) is 0 Å². The Kier molecular flexibility index (Phi) is 6.84. The minimum atomic E-state index is 1.14. The van der Waals surface area contributed by atoms with E-state index in [1.807, 2.05) is 34.0 Å². The predicted molar refractivity (Wildman–Crippen MR) is 231 cm³/mol. The Morgan fingerprint density at radius 2 is 0.904 bits per heavy atom. The number of thiophene rings is 3. The van der Waals surface area contributed by atoms with E-state index in [4.69, 9.17) is 0 Å². The molecule has 0 unspecified atom stereocenters. The number of benzene rings is 8. The molecule has 0 spiro atoms. The zero-order valence-electron chi connectivity index (χ0n) is 27.9. The first kappa shape index (κ1) is 29.9. The SMILES string of the molecule is c1ccc(-c2ccccc2-c2ccc(N(c3ccc4sc5ccccc5c4c3)c3cccc4c3sc3c4ccc4sc5ccccc5c43)cc2)cc1. The van der Waals surface area contributed by atoms with Crippen LogP contribution in [0.4, 0.5) is 17.1 Å². The van der Waals surface area contributed by atoms with Crippen LogP contribution in [0, 0.1) is 0 Å². The van der Waals surface area contributed by atoms with Crippen LogP contribution in [0.15, 0.2) is 176 Å². The van der Waals surface area contributed by atoms with E-state index >= 15 is 0 Å². The maximum absolute atomic E-state index is 2.47. The summed E-state index contributed by atoms with van der Waals surface area (Å²) in [5.41, 5.74) is 8.39. The smallest absolute Gasteiger partial charge is 0.0640 e. The molecule has 52 heavy (non-hydrogen) atoms. The van der Waals surface area contributed by atoms with Gasteiger partial charge < -0.3 is 4.90 Å². The first-order chi connectivity index (χ1) is 25.8. The predicted octanol–water partition coefficient (Wildman–Crippen LogP) is 15.6. The van der Waals surface area contributed by atoms with Gasteiger partial charge in [-0.1, -0.05) is 121 Å². The number of hydrogen-bond acceptors (Lipinski definition) is 4. The monoisotopic (exact) mass is 715 g/mol.